The molecule has 0 bridgehead atoms. The quantitative estimate of drug-likeness (QED) is 0.915. The third kappa shape index (κ3) is 3.09. The van der Waals surface area contributed by atoms with Crippen molar-refractivity contribution in [2.45, 2.75) is 52.1 Å². The van der Waals surface area contributed by atoms with E-state index in [0.717, 1.165) is 35.9 Å². The standard InChI is InChI=1S/C16H24N4O/c1-12-9-13(2)20-11-14(18-16(20)17-12)10-19(7-8-21)15-5-3-4-6-15/h9,11,15,21H,3-8,10H2,1-2H3. The lowest BCUT2D eigenvalue weighted by molar-refractivity contribution is 0.143. The first-order valence-corrected chi connectivity index (χ1v) is 7.84. The van der Waals surface area contributed by atoms with Gasteiger partial charge in [-0.15, -0.1) is 0 Å². The smallest absolute Gasteiger partial charge is 0.234 e. The highest BCUT2D eigenvalue weighted by Gasteiger charge is 2.23. The Labute approximate surface area is 125 Å². The van der Waals surface area contributed by atoms with Crippen LogP contribution in [0.15, 0.2) is 12.3 Å². The van der Waals surface area contributed by atoms with Gasteiger partial charge in [-0.05, 0) is 32.8 Å². The molecular formula is C16H24N4O. The van der Waals surface area contributed by atoms with Crippen molar-refractivity contribution in [2.24, 2.45) is 0 Å². The molecule has 0 spiro atoms. The second-order valence-electron chi connectivity index (χ2n) is 6.07. The third-order valence-electron chi connectivity index (χ3n) is 4.40. The van der Waals surface area contributed by atoms with Gasteiger partial charge in [0.25, 0.3) is 0 Å². The molecule has 0 amide bonds. The summed E-state index contributed by atoms with van der Waals surface area (Å²) >= 11 is 0. The maximum atomic E-state index is 9.32. The fourth-order valence-corrected chi connectivity index (χ4v) is 3.39. The molecule has 21 heavy (non-hydrogen) atoms. The van der Waals surface area contributed by atoms with Crippen LogP contribution < -0.4 is 0 Å². The summed E-state index contributed by atoms with van der Waals surface area (Å²) in [7, 11) is 0. The SMILES string of the molecule is Cc1cc(C)n2cc(CN(CCO)C3CCCC3)nc2n1. The van der Waals surface area contributed by atoms with Gasteiger partial charge in [-0.3, -0.25) is 9.30 Å². The number of hydrogen-bond donors (Lipinski definition) is 1. The number of aryl methyl sites for hydroxylation is 2. The Morgan fingerprint density at radius 2 is 2.05 bits per heavy atom. The van der Waals surface area contributed by atoms with Gasteiger partial charge < -0.3 is 5.11 Å². The minimum Gasteiger partial charge on any atom is -0.395 e. The average molecular weight is 288 g/mol. The number of aromatic nitrogens is 3. The lowest BCUT2D eigenvalue weighted by atomic mass is 10.2. The molecular weight excluding hydrogens is 264 g/mol. The number of aliphatic hydroxyl groups excluding tert-OH is 1. The van der Waals surface area contributed by atoms with Gasteiger partial charge in [-0.2, -0.15) is 0 Å². The van der Waals surface area contributed by atoms with Crippen molar-refractivity contribution in [2.75, 3.05) is 13.2 Å². The van der Waals surface area contributed by atoms with Crippen molar-refractivity contribution in [3.05, 3.63) is 29.3 Å². The monoisotopic (exact) mass is 288 g/mol. The lowest BCUT2D eigenvalue weighted by Gasteiger charge is -2.27. The van der Waals surface area contributed by atoms with Gasteiger partial charge >= 0.3 is 0 Å². The summed E-state index contributed by atoms with van der Waals surface area (Å²) in [6.07, 6.45) is 7.17. The molecule has 3 rings (SSSR count). The predicted octanol–water partition coefficient (Wildman–Crippen LogP) is 2.08. The first-order chi connectivity index (χ1) is 10.2. The summed E-state index contributed by atoms with van der Waals surface area (Å²) in [6, 6.07) is 2.67. The van der Waals surface area contributed by atoms with E-state index in [4.69, 9.17) is 0 Å². The van der Waals surface area contributed by atoms with E-state index in [0.29, 0.717) is 6.04 Å². The summed E-state index contributed by atoms with van der Waals surface area (Å²) < 4.78 is 2.05. The van der Waals surface area contributed by atoms with Gasteiger partial charge in [-0.1, -0.05) is 12.8 Å². The summed E-state index contributed by atoms with van der Waals surface area (Å²) in [4.78, 5) is 11.5. The lowest BCUT2D eigenvalue weighted by Crippen LogP contribution is -2.35. The van der Waals surface area contributed by atoms with Crippen LogP contribution in [0.4, 0.5) is 0 Å². The fraction of sp³-hybridized carbons (Fsp3) is 0.625. The second-order valence-corrected chi connectivity index (χ2v) is 6.07. The van der Waals surface area contributed by atoms with E-state index < -0.39 is 0 Å². The van der Waals surface area contributed by atoms with Crippen LogP contribution in [-0.4, -0.2) is 43.6 Å². The molecule has 0 atom stereocenters. The molecule has 1 saturated carbocycles. The topological polar surface area (TPSA) is 53.7 Å². The van der Waals surface area contributed by atoms with E-state index in [1.54, 1.807) is 0 Å². The van der Waals surface area contributed by atoms with E-state index >= 15 is 0 Å². The maximum Gasteiger partial charge on any atom is 0.234 e. The Balaban J connectivity index is 1.83. The molecule has 2 aromatic heterocycles. The summed E-state index contributed by atoms with van der Waals surface area (Å²) in [5, 5.41) is 9.32. The molecule has 1 aliphatic rings. The zero-order valence-electron chi connectivity index (χ0n) is 12.9. The van der Waals surface area contributed by atoms with Gasteiger partial charge in [0.15, 0.2) is 0 Å². The van der Waals surface area contributed by atoms with Gasteiger partial charge in [0.2, 0.25) is 5.78 Å². The molecule has 0 radical (unpaired) electrons. The summed E-state index contributed by atoms with van der Waals surface area (Å²) in [5.41, 5.74) is 3.20. The Morgan fingerprint density at radius 1 is 1.29 bits per heavy atom. The fourth-order valence-electron chi connectivity index (χ4n) is 3.39. The van der Waals surface area contributed by atoms with Crippen molar-refractivity contribution >= 4 is 5.78 Å². The molecule has 5 heteroatoms. The molecule has 0 aromatic carbocycles. The largest absolute Gasteiger partial charge is 0.395 e. The summed E-state index contributed by atoms with van der Waals surface area (Å²) in [6.45, 7) is 5.81. The van der Waals surface area contributed by atoms with E-state index in [1.807, 2.05) is 11.3 Å². The van der Waals surface area contributed by atoms with Crippen molar-refractivity contribution < 1.29 is 5.11 Å². The zero-order valence-corrected chi connectivity index (χ0v) is 12.9. The number of nitrogens with zero attached hydrogens (tertiary/aromatic N) is 4. The Bertz CT molecular complexity index is 616. The maximum absolute atomic E-state index is 9.32. The minimum absolute atomic E-state index is 0.209. The van der Waals surface area contributed by atoms with Crippen LogP contribution >= 0.6 is 0 Å². The number of rotatable bonds is 5. The molecule has 2 aromatic rings. The highest BCUT2D eigenvalue weighted by Crippen LogP contribution is 2.24. The van der Waals surface area contributed by atoms with Crippen LogP contribution in [0.2, 0.25) is 0 Å². The molecule has 114 valence electrons. The molecule has 1 fully saturated rings. The van der Waals surface area contributed by atoms with Crippen LogP contribution in [0.3, 0.4) is 0 Å². The number of fused-ring (bicyclic) bond motifs is 1. The normalized spacial score (nSPS) is 16.4. The van der Waals surface area contributed by atoms with E-state index in [1.165, 1.54) is 25.7 Å². The molecule has 2 heterocycles. The first-order valence-electron chi connectivity index (χ1n) is 7.84. The van der Waals surface area contributed by atoms with Crippen LogP contribution in [0.25, 0.3) is 5.78 Å². The van der Waals surface area contributed by atoms with Gasteiger partial charge in [0.1, 0.15) is 0 Å². The van der Waals surface area contributed by atoms with E-state index in [9.17, 15) is 5.11 Å². The Morgan fingerprint density at radius 3 is 2.76 bits per heavy atom. The van der Waals surface area contributed by atoms with E-state index in [-0.39, 0.29) is 6.61 Å². The number of hydrogen-bond acceptors (Lipinski definition) is 4. The van der Waals surface area contributed by atoms with Crippen LogP contribution in [-0.2, 0) is 6.54 Å². The van der Waals surface area contributed by atoms with Crippen molar-refractivity contribution in [3.63, 3.8) is 0 Å². The molecule has 1 N–H and O–H groups in total. The molecule has 0 aliphatic heterocycles. The number of imidazole rings is 1. The second kappa shape index (κ2) is 6.12. The number of aliphatic hydroxyl groups is 1. The van der Waals surface area contributed by atoms with Gasteiger partial charge in [0, 0.05) is 36.7 Å². The minimum atomic E-state index is 0.209. The van der Waals surface area contributed by atoms with Crippen molar-refractivity contribution in [3.8, 4) is 0 Å². The van der Waals surface area contributed by atoms with Gasteiger partial charge in [-0.25, -0.2) is 9.97 Å². The highest BCUT2D eigenvalue weighted by molar-refractivity contribution is 5.34. The van der Waals surface area contributed by atoms with Crippen molar-refractivity contribution in [1.82, 2.24) is 19.3 Å². The van der Waals surface area contributed by atoms with Crippen LogP contribution in [0.5, 0.6) is 0 Å². The highest BCUT2D eigenvalue weighted by atomic mass is 16.3. The Hall–Kier alpha value is -1.46. The zero-order chi connectivity index (χ0) is 14.8. The average Bonchev–Trinajstić information content (AvgIpc) is 3.06. The van der Waals surface area contributed by atoms with Gasteiger partial charge in [0.05, 0.1) is 12.3 Å². The van der Waals surface area contributed by atoms with Crippen LogP contribution in [0.1, 0.15) is 42.8 Å². The molecule has 0 saturated heterocycles. The van der Waals surface area contributed by atoms with E-state index in [2.05, 4.69) is 34.1 Å². The molecule has 1 aliphatic carbocycles. The Kier molecular flexibility index (Phi) is 4.22. The summed E-state index contributed by atoms with van der Waals surface area (Å²) in [5.74, 6) is 0.776. The predicted molar refractivity (Wildman–Crippen MR) is 82.2 cm³/mol. The third-order valence-corrected chi connectivity index (χ3v) is 4.40. The molecule has 5 nitrogen and oxygen atoms in total. The van der Waals surface area contributed by atoms with Crippen molar-refractivity contribution in [1.29, 1.82) is 0 Å². The molecule has 0 unspecified atom stereocenters. The first kappa shape index (κ1) is 14.5. The van der Waals surface area contributed by atoms with Crippen LogP contribution in [0, 0.1) is 13.8 Å².